The molecule has 1 aromatic heterocycles. The molecule has 0 saturated carbocycles. The normalized spacial score (nSPS) is 12.2. The maximum Gasteiger partial charge on any atom is 0.235 e. The van der Waals surface area contributed by atoms with Gasteiger partial charge in [-0.2, -0.15) is 5.10 Å². The van der Waals surface area contributed by atoms with Gasteiger partial charge in [-0.1, -0.05) is 25.6 Å². The SMILES string of the molecule is CCCC(C(=O)Nc1cc(C)nn1C)C(N)=S. The predicted octanol–water partition coefficient (Wildman–Crippen LogP) is 1.37. The van der Waals surface area contributed by atoms with Crippen LogP contribution in [-0.2, 0) is 11.8 Å². The third-order valence-corrected chi connectivity index (χ3v) is 2.78. The molecule has 0 aliphatic carbocycles. The van der Waals surface area contributed by atoms with Crippen molar-refractivity contribution in [2.45, 2.75) is 26.7 Å². The third-order valence-electron chi connectivity index (χ3n) is 2.49. The lowest BCUT2D eigenvalue weighted by Crippen LogP contribution is -2.33. The first kappa shape index (κ1) is 13.6. The number of aromatic nitrogens is 2. The predicted molar refractivity (Wildman–Crippen MR) is 71.8 cm³/mol. The standard InChI is InChI=1S/C11H18N4OS/c1-4-5-8(10(12)17)11(16)13-9-6-7(2)14-15(9)3/h6,8H,4-5H2,1-3H3,(H2,12,17)(H,13,16). The van der Waals surface area contributed by atoms with Crippen molar-refractivity contribution in [3.05, 3.63) is 11.8 Å². The van der Waals surface area contributed by atoms with E-state index in [-0.39, 0.29) is 10.9 Å². The highest BCUT2D eigenvalue weighted by Crippen LogP contribution is 2.13. The monoisotopic (exact) mass is 254 g/mol. The van der Waals surface area contributed by atoms with Crippen LogP contribution in [0.25, 0.3) is 0 Å². The molecular weight excluding hydrogens is 236 g/mol. The number of hydrogen-bond acceptors (Lipinski definition) is 3. The fourth-order valence-electron chi connectivity index (χ4n) is 1.63. The quantitative estimate of drug-likeness (QED) is 0.778. The lowest BCUT2D eigenvalue weighted by molar-refractivity contribution is -0.118. The van der Waals surface area contributed by atoms with Crippen LogP contribution in [-0.4, -0.2) is 20.7 Å². The van der Waals surface area contributed by atoms with Crippen molar-refractivity contribution >= 4 is 28.9 Å². The van der Waals surface area contributed by atoms with Crippen molar-refractivity contribution in [3.63, 3.8) is 0 Å². The van der Waals surface area contributed by atoms with Crippen molar-refractivity contribution < 1.29 is 4.79 Å². The van der Waals surface area contributed by atoms with E-state index < -0.39 is 5.92 Å². The molecule has 1 rings (SSSR count). The third kappa shape index (κ3) is 3.52. The van der Waals surface area contributed by atoms with E-state index in [1.165, 1.54) is 0 Å². The van der Waals surface area contributed by atoms with Gasteiger partial charge in [-0.25, -0.2) is 0 Å². The molecule has 1 amide bonds. The molecule has 0 fully saturated rings. The molecule has 1 aromatic rings. The zero-order valence-corrected chi connectivity index (χ0v) is 11.2. The topological polar surface area (TPSA) is 72.9 Å². The summed E-state index contributed by atoms with van der Waals surface area (Å²) < 4.78 is 1.62. The first-order chi connectivity index (χ1) is 7.95. The average molecular weight is 254 g/mol. The zero-order valence-electron chi connectivity index (χ0n) is 10.4. The minimum atomic E-state index is -0.412. The Morgan fingerprint density at radius 1 is 1.71 bits per heavy atom. The van der Waals surface area contributed by atoms with Gasteiger partial charge in [-0.3, -0.25) is 9.48 Å². The minimum Gasteiger partial charge on any atom is -0.393 e. The van der Waals surface area contributed by atoms with Gasteiger partial charge >= 0.3 is 0 Å². The number of amides is 1. The van der Waals surface area contributed by atoms with Crippen LogP contribution in [0, 0.1) is 12.8 Å². The number of carbonyl (C=O) groups is 1. The Labute approximate surface area is 106 Å². The number of aryl methyl sites for hydroxylation is 2. The summed E-state index contributed by atoms with van der Waals surface area (Å²) in [6, 6.07) is 1.81. The highest BCUT2D eigenvalue weighted by Gasteiger charge is 2.21. The van der Waals surface area contributed by atoms with Gasteiger partial charge in [0.05, 0.1) is 16.6 Å². The van der Waals surface area contributed by atoms with Crippen molar-refractivity contribution in [1.29, 1.82) is 0 Å². The number of hydrogen-bond donors (Lipinski definition) is 2. The maximum absolute atomic E-state index is 12.0. The summed E-state index contributed by atoms with van der Waals surface area (Å²) >= 11 is 4.91. The molecule has 0 radical (unpaired) electrons. The molecule has 0 bridgehead atoms. The Bertz CT molecular complexity index is 427. The number of anilines is 1. The fourth-order valence-corrected chi connectivity index (χ4v) is 1.86. The molecule has 6 heteroatoms. The Kier molecular flexibility index (Phi) is 4.62. The van der Waals surface area contributed by atoms with E-state index in [1.807, 2.05) is 13.8 Å². The number of thiocarbonyl (C=S) groups is 1. The minimum absolute atomic E-state index is 0.164. The van der Waals surface area contributed by atoms with Gasteiger partial charge in [-0.15, -0.1) is 0 Å². The van der Waals surface area contributed by atoms with Gasteiger partial charge in [0.2, 0.25) is 5.91 Å². The van der Waals surface area contributed by atoms with E-state index in [0.29, 0.717) is 12.2 Å². The lowest BCUT2D eigenvalue weighted by atomic mass is 10.0. The van der Waals surface area contributed by atoms with Gasteiger partial charge in [0, 0.05) is 13.1 Å². The largest absolute Gasteiger partial charge is 0.393 e. The summed E-state index contributed by atoms with van der Waals surface area (Å²) in [5.74, 6) is 0.0809. The summed E-state index contributed by atoms with van der Waals surface area (Å²) in [4.78, 5) is 12.2. The zero-order chi connectivity index (χ0) is 13.0. The molecule has 1 heterocycles. The highest BCUT2D eigenvalue weighted by molar-refractivity contribution is 7.80. The second-order valence-electron chi connectivity index (χ2n) is 4.03. The fraction of sp³-hybridized carbons (Fsp3) is 0.545. The molecule has 0 saturated heterocycles. The number of nitrogens with one attached hydrogen (secondary N) is 1. The first-order valence-electron chi connectivity index (χ1n) is 5.56. The molecule has 0 aromatic carbocycles. The molecule has 1 unspecified atom stereocenters. The van der Waals surface area contributed by atoms with Crippen LogP contribution in [0.1, 0.15) is 25.5 Å². The second-order valence-corrected chi connectivity index (χ2v) is 4.50. The van der Waals surface area contributed by atoms with E-state index in [1.54, 1.807) is 17.8 Å². The molecule has 0 aliphatic heterocycles. The summed E-state index contributed by atoms with van der Waals surface area (Å²) in [5.41, 5.74) is 6.42. The van der Waals surface area contributed by atoms with Crippen LogP contribution in [0.15, 0.2) is 6.07 Å². The Morgan fingerprint density at radius 3 is 2.76 bits per heavy atom. The van der Waals surface area contributed by atoms with Crippen LogP contribution >= 0.6 is 12.2 Å². The van der Waals surface area contributed by atoms with Crippen molar-refractivity contribution in [1.82, 2.24) is 9.78 Å². The Balaban J connectivity index is 2.76. The Morgan fingerprint density at radius 2 is 2.35 bits per heavy atom. The first-order valence-corrected chi connectivity index (χ1v) is 5.97. The van der Waals surface area contributed by atoms with Crippen LogP contribution in [0.2, 0.25) is 0 Å². The number of nitrogens with zero attached hydrogens (tertiary/aromatic N) is 2. The molecule has 0 spiro atoms. The molecule has 0 aliphatic rings. The summed E-state index contributed by atoms with van der Waals surface area (Å²) in [7, 11) is 1.78. The highest BCUT2D eigenvalue weighted by atomic mass is 32.1. The van der Waals surface area contributed by atoms with Crippen molar-refractivity contribution in [3.8, 4) is 0 Å². The van der Waals surface area contributed by atoms with Crippen LogP contribution in [0.3, 0.4) is 0 Å². The average Bonchev–Trinajstić information content (AvgIpc) is 2.53. The van der Waals surface area contributed by atoms with Crippen LogP contribution in [0.5, 0.6) is 0 Å². The summed E-state index contributed by atoms with van der Waals surface area (Å²) in [5, 5.41) is 6.94. The summed E-state index contributed by atoms with van der Waals surface area (Å²) in [6.45, 7) is 3.86. The van der Waals surface area contributed by atoms with E-state index in [4.69, 9.17) is 18.0 Å². The molecule has 5 nitrogen and oxygen atoms in total. The number of carbonyl (C=O) groups excluding carboxylic acids is 1. The van der Waals surface area contributed by atoms with Crippen molar-refractivity contribution in [2.24, 2.45) is 18.7 Å². The molecule has 1 atom stereocenters. The molecular formula is C11H18N4OS. The van der Waals surface area contributed by atoms with E-state index >= 15 is 0 Å². The van der Waals surface area contributed by atoms with Gasteiger partial charge in [0.15, 0.2) is 0 Å². The molecule has 3 N–H and O–H groups in total. The molecule has 17 heavy (non-hydrogen) atoms. The van der Waals surface area contributed by atoms with E-state index in [2.05, 4.69) is 10.4 Å². The van der Waals surface area contributed by atoms with E-state index in [9.17, 15) is 4.79 Å². The van der Waals surface area contributed by atoms with Crippen LogP contribution < -0.4 is 11.1 Å². The number of nitrogens with two attached hydrogens (primary N) is 1. The second kappa shape index (κ2) is 5.77. The summed E-state index contributed by atoms with van der Waals surface area (Å²) in [6.07, 6.45) is 1.53. The van der Waals surface area contributed by atoms with Gasteiger partial charge in [-0.05, 0) is 13.3 Å². The van der Waals surface area contributed by atoms with Crippen molar-refractivity contribution in [2.75, 3.05) is 5.32 Å². The maximum atomic E-state index is 12.0. The molecule has 94 valence electrons. The lowest BCUT2D eigenvalue weighted by Gasteiger charge is -2.14. The van der Waals surface area contributed by atoms with Gasteiger partial charge < -0.3 is 11.1 Å². The van der Waals surface area contributed by atoms with E-state index in [0.717, 1.165) is 12.1 Å². The Hall–Kier alpha value is -1.43. The number of rotatable bonds is 5. The smallest absolute Gasteiger partial charge is 0.235 e. The van der Waals surface area contributed by atoms with Gasteiger partial charge in [0.25, 0.3) is 0 Å². The van der Waals surface area contributed by atoms with Gasteiger partial charge in [0.1, 0.15) is 5.82 Å². The van der Waals surface area contributed by atoms with Crippen LogP contribution in [0.4, 0.5) is 5.82 Å².